The Hall–Kier alpha value is -2.47. The van der Waals surface area contributed by atoms with Gasteiger partial charge in [-0.3, -0.25) is 19.4 Å². The number of hydrogen-bond acceptors (Lipinski definition) is 4. The lowest BCUT2D eigenvalue weighted by atomic mass is 10.1. The maximum Gasteiger partial charge on any atom is 0.271 e. The van der Waals surface area contributed by atoms with Crippen LogP contribution in [0.25, 0.3) is 22.2 Å². The first-order valence-electron chi connectivity index (χ1n) is 6.49. The fourth-order valence-corrected chi connectivity index (χ4v) is 2.87. The van der Waals surface area contributed by atoms with Gasteiger partial charge in [-0.2, -0.15) is 5.10 Å². The van der Waals surface area contributed by atoms with Crippen LogP contribution in [0.5, 0.6) is 0 Å². The Morgan fingerprint density at radius 2 is 2.19 bits per heavy atom. The zero-order valence-electron chi connectivity index (χ0n) is 10.9. The molecule has 0 aliphatic carbocycles. The lowest BCUT2D eigenvalue weighted by Gasteiger charge is -2.13. The van der Waals surface area contributed by atoms with Crippen LogP contribution in [0.3, 0.4) is 0 Å². The third-order valence-electron chi connectivity index (χ3n) is 3.52. The van der Waals surface area contributed by atoms with Gasteiger partial charge in [-0.15, -0.1) is 0 Å². The molecular formula is C14H10ClN5O. The number of nitrogens with one attached hydrogen (secondary N) is 1. The zero-order valence-corrected chi connectivity index (χ0v) is 11.6. The van der Waals surface area contributed by atoms with E-state index in [4.69, 9.17) is 11.6 Å². The molecule has 0 fully saturated rings. The number of amides is 1. The highest BCUT2D eigenvalue weighted by Crippen LogP contribution is 2.34. The molecule has 1 amide bonds. The van der Waals surface area contributed by atoms with Gasteiger partial charge >= 0.3 is 0 Å². The van der Waals surface area contributed by atoms with E-state index in [2.05, 4.69) is 20.4 Å². The van der Waals surface area contributed by atoms with Gasteiger partial charge < -0.3 is 5.32 Å². The van der Waals surface area contributed by atoms with Crippen molar-refractivity contribution < 1.29 is 4.79 Å². The average Bonchev–Trinajstić information content (AvgIpc) is 2.85. The molecule has 0 bridgehead atoms. The number of carbonyl (C=O) groups excluding carboxylic acids is 1. The highest BCUT2D eigenvalue weighted by Gasteiger charge is 2.26. The van der Waals surface area contributed by atoms with E-state index in [-0.39, 0.29) is 5.91 Å². The Morgan fingerprint density at radius 3 is 3.05 bits per heavy atom. The van der Waals surface area contributed by atoms with Gasteiger partial charge in [0.15, 0.2) is 0 Å². The van der Waals surface area contributed by atoms with Gasteiger partial charge in [0, 0.05) is 36.1 Å². The molecule has 0 atom stereocenters. The molecule has 104 valence electrons. The molecule has 3 aromatic rings. The van der Waals surface area contributed by atoms with E-state index in [1.807, 2.05) is 12.1 Å². The van der Waals surface area contributed by atoms with Gasteiger partial charge in [0.25, 0.3) is 5.91 Å². The van der Waals surface area contributed by atoms with E-state index in [0.29, 0.717) is 29.5 Å². The topological polar surface area (TPSA) is 72.7 Å². The minimum Gasteiger partial charge on any atom is -0.349 e. The summed E-state index contributed by atoms with van der Waals surface area (Å²) in [5, 5.41) is 8.48. The molecule has 4 heterocycles. The molecule has 21 heavy (non-hydrogen) atoms. The molecule has 0 radical (unpaired) electrons. The molecule has 7 heteroatoms. The Kier molecular flexibility index (Phi) is 2.65. The van der Waals surface area contributed by atoms with Crippen LogP contribution >= 0.6 is 11.6 Å². The van der Waals surface area contributed by atoms with Gasteiger partial charge in [-0.05, 0) is 12.1 Å². The molecule has 6 nitrogen and oxygen atoms in total. The first kappa shape index (κ1) is 12.3. The number of rotatable bonds is 1. The van der Waals surface area contributed by atoms with Gasteiger partial charge in [0.05, 0.1) is 17.1 Å². The van der Waals surface area contributed by atoms with Crippen molar-refractivity contribution in [3.63, 3.8) is 0 Å². The van der Waals surface area contributed by atoms with E-state index in [9.17, 15) is 4.79 Å². The summed E-state index contributed by atoms with van der Waals surface area (Å²) in [4.78, 5) is 20.4. The molecule has 3 aromatic heterocycles. The maximum absolute atomic E-state index is 11.9. The molecule has 1 aliphatic rings. The van der Waals surface area contributed by atoms with Crippen LogP contribution in [0.2, 0.25) is 5.02 Å². The van der Waals surface area contributed by atoms with E-state index in [1.165, 1.54) is 0 Å². The lowest BCUT2D eigenvalue weighted by Crippen LogP contribution is -2.35. The number of fused-ring (bicyclic) bond motifs is 2. The fourth-order valence-electron chi connectivity index (χ4n) is 2.55. The second-order valence-corrected chi connectivity index (χ2v) is 5.12. The third kappa shape index (κ3) is 1.80. The molecule has 0 aromatic carbocycles. The van der Waals surface area contributed by atoms with Crippen molar-refractivity contribution in [1.29, 1.82) is 0 Å². The Labute approximate surface area is 124 Å². The standard InChI is InChI=1S/C14H10ClN5O/c15-11-12(19-20-6-5-18-14(21)13(11)20)8-1-4-17-10-2-3-16-7-9(8)10/h1-4,7H,5-6H2,(H,18,21). The van der Waals surface area contributed by atoms with Crippen molar-refractivity contribution >= 4 is 28.4 Å². The van der Waals surface area contributed by atoms with E-state index in [1.54, 1.807) is 23.3 Å². The van der Waals surface area contributed by atoms with E-state index < -0.39 is 0 Å². The fraction of sp³-hybridized carbons (Fsp3) is 0.143. The Morgan fingerprint density at radius 1 is 1.29 bits per heavy atom. The number of nitrogens with zero attached hydrogens (tertiary/aromatic N) is 4. The highest BCUT2D eigenvalue weighted by atomic mass is 35.5. The van der Waals surface area contributed by atoms with Crippen molar-refractivity contribution in [1.82, 2.24) is 25.1 Å². The number of hydrogen-bond donors (Lipinski definition) is 1. The maximum atomic E-state index is 11.9. The summed E-state index contributed by atoms with van der Waals surface area (Å²) in [7, 11) is 0. The first-order valence-corrected chi connectivity index (χ1v) is 6.87. The summed E-state index contributed by atoms with van der Waals surface area (Å²) < 4.78 is 1.65. The molecule has 0 saturated heterocycles. The van der Waals surface area contributed by atoms with Crippen molar-refractivity contribution in [2.45, 2.75) is 6.54 Å². The Bertz CT molecular complexity index is 868. The molecule has 1 N–H and O–H groups in total. The summed E-state index contributed by atoms with van der Waals surface area (Å²) in [6.45, 7) is 1.17. The number of halogens is 1. The summed E-state index contributed by atoms with van der Waals surface area (Å²) in [5.74, 6) is -0.193. The predicted octanol–water partition coefficient (Wildman–Crippen LogP) is 1.89. The van der Waals surface area contributed by atoms with Crippen LogP contribution in [0.1, 0.15) is 10.5 Å². The molecule has 0 unspecified atom stereocenters. The van der Waals surface area contributed by atoms with Crippen LogP contribution in [-0.2, 0) is 6.54 Å². The van der Waals surface area contributed by atoms with Gasteiger partial charge in [0.1, 0.15) is 11.4 Å². The summed E-state index contributed by atoms with van der Waals surface area (Å²) in [6.07, 6.45) is 5.12. The average molecular weight is 300 g/mol. The van der Waals surface area contributed by atoms with Crippen LogP contribution in [0, 0.1) is 0 Å². The second kappa shape index (κ2) is 4.53. The van der Waals surface area contributed by atoms with E-state index >= 15 is 0 Å². The second-order valence-electron chi connectivity index (χ2n) is 4.74. The Balaban J connectivity index is 2.00. The number of pyridine rings is 2. The quantitative estimate of drug-likeness (QED) is 0.745. The van der Waals surface area contributed by atoms with Crippen LogP contribution in [0.4, 0.5) is 0 Å². The SMILES string of the molecule is O=C1NCCn2nc(-c3ccnc4ccncc34)c(Cl)c21. The summed E-state index contributed by atoms with van der Waals surface area (Å²) in [6, 6.07) is 3.66. The van der Waals surface area contributed by atoms with Crippen molar-refractivity contribution in [2.24, 2.45) is 0 Å². The third-order valence-corrected chi connectivity index (χ3v) is 3.88. The van der Waals surface area contributed by atoms with Crippen molar-refractivity contribution in [2.75, 3.05) is 6.54 Å². The highest BCUT2D eigenvalue weighted by molar-refractivity contribution is 6.36. The molecule has 0 spiro atoms. The number of carbonyl (C=O) groups is 1. The minimum atomic E-state index is -0.193. The van der Waals surface area contributed by atoms with Crippen LogP contribution in [0.15, 0.2) is 30.7 Å². The largest absolute Gasteiger partial charge is 0.349 e. The lowest BCUT2D eigenvalue weighted by molar-refractivity contribution is 0.0924. The van der Waals surface area contributed by atoms with Crippen LogP contribution < -0.4 is 5.32 Å². The smallest absolute Gasteiger partial charge is 0.271 e. The zero-order chi connectivity index (χ0) is 14.4. The molecule has 0 saturated carbocycles. The monoisotopic (exact) mass is 299 g/mol. The minimum absolute atomic E-state index is 0.193. The van der Waals surface area contributed by atoms with Gasteiger partial charge in [0.2, 0.25) is 0 Å². The molecule has 1 aliphatic heterocycles. The van der Waals surface area contributed by atoms with Gasteiger partial charge in [-0.25, -0.2) is 0 Å². The molecular weight excluding hydrogens is 290 g/mol. The molecule has 4 rings (SSSR count). The predicted molar refractivity (Wildman–Crippen MR) is 78.1 cm³/mol. The summed E-state index contributed by atoms with van der Waals surface area (Å²) in [5.41, 5.74) is 2.64. The van der Waals surface area contributed by atoms with Crippen molar-refractivity contribution in [3.8, 4) is 11.3 Å². The first-order chi connectivity index (χ1) is 10.3. The summed E-state index contributed by atoms with van der Waals surface area (Å²) >= 11 is 6.39. The van der Waals surface area contributed by atoms with Crippen molar-refractivity contribution in [3.05, 3.63) is 41.4 Å². The number of aromatic nitrogens is 4. The van der Waals surface area contributed by atoms with Crippen LogP contribution in [-0.4, -0.2) is 32.2 Å². The van der Waals surface area contributed by atoms with E-state index in [0.717, 1.165) is 16.5 Å². The van der Waals surface area contributed by atoms with Gasteiger partial charge in [-0.1, -0.05) is 11.6 Å². The normalized spacial score (nSPS) is 14.0.